The molecule has 0 aliphatic carbocycles. The van der Waals surface area contributed by atoms with Crippen LogP contribution in [0.3, 0.4) is 0 Å². The Labute approximate surface area is 141 Å². The van der Waals surface area contributed by atoms with Gasteiger partial charge < -0.3 is 15.0 Å². The molecule has 0 saturated carbocycles. The lowest BCUT2D eigenvalue weighted by molar-refractivity contribution is 0.0448. The number of amides is 1. The van der Waals surface area contributed by atoms with E-state index in [0.717, 1.165) is 30.4 Å². The van der Waals surface area contributed by atoms with Gasteiger partial charge in [-0.3, -0.25) is 0 Å². The van der Waals surface area contributed by atoms with E-state index in [1.807, 2.05) is 20.8 Å². The van der Waals surface area contributed by atoms with Crippen LogP contribution in [0.4, 0.5) is 10.5 Å². The van der Waals surface area contributed by atoms with E-state index in [4.69, 9.17) is 4.74 Å². The Morgan fingerprint density at radius 3 is 2.27 bits per heavy atom. The lowest BCUT2D eigenvalue weighted by Gasteiger charge is -2.41. The van der Waals surface area contributed by atoms with Crippen LogP contribution in [-0.2, 0) is 4.74 Å². The van der Waals surface area contributed by atoms with E-state index in [-0.39, 0.29) is 11.6 Å². The number of alkyl carbamates (subject to hydrolysis) is 1. The first kappa shape index (κ1) is 17.1. The molecule has 2 rings (SSSR count). The summed E-state index contributed by atoms with van der Waals surface area (Å²) < 4.78 is 6.45. The average Bonchev–Trinajstić information content (AvgIpc) is 2.38. The van der Waals surface area contributed by atoms with Gasteiger partial charge >= 0.3 is 6.09 Å². The zero-order valence-corrected chi connectivity index (χ0v) is 15.4. The van der Waals surface area contributed by atoms with Crippen LogP contribution >= 0.6 is 15.9 Å². The fourth-order valence-electron chi connectivity index (χ4n) is 2.59. The van der Waals surface area contributed by atoms with Gasteiger partial charge in [-0.1, -0.05) is 15.9 Å². The Balaban J connectivity index is 1.90. The number of nitrogens with zero attached hydrogens (tertiary/aromatic N) is 1. The van der Waals surface area contributed by atoms with Crippen LogP contribution in [-0.4, -0.2) is 30.3 Å². The minimum absolute atomic E-state index is 0.200. The predicted molar refractivity (Wildman–Crippen MR) is 93.4 cm³/mol. The fourth-order valence-corrected chi connectivity index (χ4v) is 2.85. The van der Waals surface area contributed by atoms with Crippen LogP contribution < -0.4 is 10.2 Å². The number of piperidine rings is 1. The van der Waals surface area contributed by atoms with E-state index < -0.39 is 5.60 Å². The van der Waals surface area contributed by atoms with Gasteiger partial charge in [0.1, 0.15) is 5.60 Å². The number of rotatable bonds is 2. The summed E-state index contributed by atoms with van der Waals surface area (Å²) in [5.41, 5.74) is 0.565. The Morgan fingerprint density at radius 1 is 1.23 bits per heavy atom. The van der Waals surface area contributed by atoms with Crippen LogP contribution in [0.25, 0.3) is 0 Å². The zero-order chi connectivity index (χ0) is 16.4. The van der Waals surface area contributed by atoms with Crippen molar-refractivity contribution in [3.05, 3.63) is 28.7 Å². The summed E-state index contributed by atoms with van der Waals surface area (Å²) in [5.74, 6) is 0. The van der Waals surface area contributed by atoms with Crippen molar-refractivity contribution in [3.8, 4) is 0 Å². The minimum Gasteiger partial charge on any atom is -0.444 e. The van der Waals surface area contributed by atoms with Gasteiger partial charge in [0.2, 0.25) is 0 Å². The first-order chi connectivity index (χ1) is 10.2. The third-order valence-electron chi connectivity index (χ3n) is 3.86. The molecule has 1 N–H and O–H groups in total. The van der Waals surface area contributed by atoms with Crippen LogP contribution in [0.1, 0.15) is 40.5 Å². The summed E-state index contributed by atoms with van der Waals surface area (Å²) in [4.78, 5) is 14.3. The summed E-state index contributed by atoms with van der Waals surface area (Å²) in [7, 11) is 0. The second kappa shape index (κ2) is 6.49. The Morgan fingerprint density at radius 2 is 1.77 bits per heavy atom. The van der Waals surface area contributed by atoms with Crippen molar-refractivity contribution < 1.29 is 9.53 Å². The molecule has 1 fully saturated rings. The molecule has 122 valence electrons. The van der Waals surface area contributed by atoms with E-state index in [2.05, 4.69) is 57.3 Å². The highest BCUT2D eigenvalue weighted by Crippen LogP contribution is 2.27. The van der Waals surface area contributed by atoms with E-state index in [1.165, 1.54) is 5.69 Å². The summed E-state index contributed by atoms with van der Waals surface area (Å²) in [6, 6.07) is 8.35. The first-order valence-electron chi connectivity index (χ1n) is 7.69. The quantitative estimate of drug-likeness (QED) is 0.844. The van der Waals surface area contributed by atoms with Gasteiger partial charge in [0.05, 0.1) is 0 Å². The second-order valence-corrected chi connectivity index (χ2v) is 8.07. The Hall–Kier alpha value is -1.23. The highest BCUT2D eigenvalue weighted by Gasteiger charge is 2.33. The fraction of sp³-hybridized carbons (Fsp3) is 0.588. The molecule has 0 spiro atoms. The third-order valence-corrected chi connectivity index (χ3v) is 4.39. The average molecular weight is 369 g/mol. The molecule has 0 aromatic heterocycles. The SMILES string of the molecule is CC1(NC(=O)OC(C)(C)C)CCN(c2ccc(Br)cc2)CC1. The molecule has 1 saturated heterocycles. The van der Waals surface area contributed by atoms with E-state index in [9.17, 15) is 4.79 Å². The Bertz CT molecular complexity index is 514. The molecule has 0 atom stereocenters. The van der Waals surface area contributed by atoms with Crippen LogP contribution in [0.5, 0.6) is 0 Å². The summed E-state index contributed by atoms with van der Waals surface area (Å²) in [6.07, 6.45) is 1.48. The first-order valence-corrected chi connectivity index (χ1v) is 8.48. The number of hydrogen-bond donors (Lipinski definition) is 1. The monoisotopic (exact) mass is 368 g/mol. The van der Waals surface area contributed by atoms with E-state index >= 15 is 0 Å². The zero-order valence-electron chi connectivity index (χ0n) is 13.8. The number of anilines is 1. The highest BCUT2D eigenvalue weighted by atomic mass is 79.9. The van der Waals surface area contributed by atoms with Gasteiger partial charge in [0.15, 0.2) is 0 Å². The van der Waals surface area contributed by atoms with Gasteiger partial charge in [-0.25, -0.2) is 4.79 Å². The minimum atomic E-state index is -0.460. The molecule has 1 heterocycles. The molecule has 4 nitrogen and oxygen atoms in total. The number of nitrogens with one attached hydrogen (secondary N) is 1. The van der Waals surface area contributed by atoms with Crippen LogP contribution in [0.2, 0.25) is 0 Å². The molecular weight excluding hydrogens is 344 g/mol. The van der Waals surface area contributed by atoms with Gasteiger partial charge in [-0.05, 0) is 64.8 Å². The molecule has 22 heavy (non-hydrogen) atoms. The maximum Gasteiger partial charge on any atom is 0.408 e. The lowest BCUT2D eigenvalue weighted by atomic mass is 9.89. The van der Waals surface area contributed by atoms with Crippen molar-refractivity contribution in [1.29, 1.82) is 0 Å². The highest BCUT2D eigenvalue weighted by molar-refractivity contribution is 9.10. The molecule has 5 heteroatoms. The molecule has 1 aromatic carbocycles. The molecule has 0 radical (unpaired) electrons. The molecule has 0 bridgehead atoms. The predicted octanol–water partition coefficient (Wildman–Crippen LogP) is 4.33. The maximum absolute atomic E-state index is 12.0. The number of carbonyl (C=O) groups is 1. The second-order valence-electron chi connectivity index (χ2n) is 7.15. The van der Waals surface area contributed by atoms with Crippen molar-refractivity contribution in [1.82, 2.24) is 5.32 Å². The normalized spacial score (nSPS) is 18.0. The molecular formula is C17H25BrN2O2. The van der Waals surface area contributed by atoms with E-state index in [1.54, 1.807) is 0 Å². The third kappa shape index (κ3) is 4.90. The topological polar surface area (TPSA) is 41.6 Å². The lowest BCUT2D eigenvalue weighted by Crippen LogP contribution is -2.54. The molecule has 1 aromatic rings. The molecule has 1 amide bonds. The largest absolute Gasteiger partial charge is 0.444 e. The van der Waals surface area contributed by atoms with Gasteiger partial charge in [-0.15, -0.1) is 0 Å². The molecule has 0 unspecified atom stereocenters. The van der Waals surface area contributed by atoms with Crippen molar-refractivity contribution in [3.63, 3.8) is 0 Å². The van der Waals surface area contributed by atoms with Gasteiger partial charge in [0.25, 0.3) is 0 Å². The smallest absolute Gasteiger partial charge is 0.408 e. The van der Waals surface area contributed by atoms with Crippen molar-refractivity contribution in [2.45, 2.75) is 51.7 Å². The van der Waals surface area contributed by atoms with Crippen molar-refractivity contribution in [2.24, 2.45) is 0 Å². The Kier molecular flexibility index (Phi) is 5.05. The summed E-state index contributed by atoms with van der Waals surface area (Å²) >= 11 is 3.46. The number of hydrogen-bond acceptors (Lipinski definition) is 3. The maximum atomic E-state index is 12.0. The number of halogens is 1. The number of ether oxygens (including phenoxy) is 1. The van der Waals surface area contributed by atoms with Gasteiger partial charge in [-0.2, -0.15) is 0 Å². The summed E-state index contributed by atoms with van der Waals surface area (Å²) in [5, 5.41) is 3.04. The molecule has 1 aliphatic heterocycles. The number of carbonyl (C=O) groups excluding carboxylic acids is 1. The molecule has 1 aliphatic rings. The van der Waals surface area contributed by atoms with Crippen molar-refractivity contribution in [2.75, 3.05) is 18.0 Å². The summed E-state index contributed by atoms with van der Waals surface area (Å²) in [6.45, 7) is 9.58. The van der Waals surface area contributed by atoms with Crippen LogP contribution in [0.15, 0.2) is 28.7 Å². The van der Waals surface area contributed by atoms with Crippen LogP contribution in [0, 0.1) is 0 Å². The van der Waals surface area contributed by atoms with Gasteiger partial charge in [0, 0.05) is 28.8 Å². The standard InChI is InChI=1S/C17H25BrN2O2/c1-16(2,3)22-15(21)19-17(4)9-11-20(12-10-17)14-7-5-13(18)6-8-14/h5-8H,9-12H2,1-4H3,(H,19,21). The van der Waals surface area contributed by atoms with E-state index in [0.29, 0.717) is 0 Å². The van der Waals surface area contributed by atoms with Crippen molar-refractivity contribution >= 4 is 27.7 Å². The number of benzene rings is 1.